The fourth-order valence-electron chi connectivity index (χ4n) is 3.62. The topological polar surface area (TPSA) is 91.0 Å². The highest BCUT2D eigenvalue weighted by atomic mass is 35.5. The zero-order valence-electron chi connectivity index (χ0n) is 14.5. The van der Waals surface area contributed by atoms with E-state index in [4.69, 9.17) is 4.74 Å². The number of morpholine rings is 1. The number of nitrogens with zero attached hydrogens (tertiary/aromatic N) is 2. The number of hydrogen-bond donors (Lipinski definition) is 2. The molecule has 146 valence electrons. The standard InChI is InChI=1S/C15H28N4O4S.ClH/c20-15(14-4-1-5-16-14)17-11-13-3-2-6-19(12-13)24(21,22)18-7-9-23-10-8-18;/h13-14,16H,1-12H2,(H,17,20);1H. The Hall–Kier alpha value is -0.450. The molecule has 0 radical (unpaired) electrons. The second-order valence-corrected chi connectivity index (χ2v) is 8.71. The van der Waals surface area contributed by atoms with E-state index < -0.39 is 10.2 Å². The lowest BCUT2D eigenvalue weighted by Gasteiger charge is -2.36. The lowest BCUT2D eigenvalue weighted by Crippen LogP contribution is -2.52. The van der Waals surface area contributed by atoms with Crippen LogP contribution in [-0.2, 0) is 19.7 Å². The SMILES string of the molecule is Cl.O=C(NCC1CCCN(S(=O)(=O)N2CCOCC2)C1)C1CCCN1. The molecule has 3 heterocycles. The van der Waals surface area contributed by atoms with E-state index in [9.17, 15) is 13.2 Å². The molecule has 0 aromatic rings. The van der Waals surface area contributed by atoms with Crippen LogP contribution < -0.4 is 10.6 Å². The van der Waals surface area contributed by atoms with Gasteiger partial charge in [0, 0.05) is 32.7 Å². The van der Waals surface area contributed by atoms with Crippen LogP contribution in [0, 0.1) is 5.92 Å². The molecule has 2 unspecified atom stereocenters. The molecule has 0 spiro atoms. The Morgan fingerprint density at radius 3 is 2.56 bits per heavy atom. The van der Waals surface area contributed by atoms with Crippen molar-refractivity contribution in [3.05, 3.63) is 0 Å². The van der Waals surface area contributed by atoms with Crippen molar-refractivity contribution < 1.29 is 17.9 Å². The summed E-state index contributed by atoms with van der Waals surface area (Å²) in [4.78, 5) is 12.1. The molecule has 25 heavy (non-hydrogen) atoms. The van der Waals surface area contributed by atoms with Gasteiger partial charge >= 0.3 is 0 Å². The summed E-state index contributed by atoms with van der Waals surface area (Å²) in [5, 5.41) is 6.17. The van der Waals surface area contributed by atoms with Crippen molar-refractivity contribution in [2.75, 3.05) is 52.5 Å². The number of piperidine rings is 1. The molecule has 2 N–H and O–H groups in total. The average Bonchev–Trinajstić information content (AvgIpc) is 3.15. The molecule has 3 aliphatic rings. The molecular weight excluding hydrogens is 368 g/mol. The molecule has 8 nitrogen and oxygen atoms in total. The molecule has 0 bridgehead atoms. The number of carbonyl (C=O) groups excluding carboxylic acids is 1. The number of amides is 1. The van der Waals surface area contributed by atoms with Crippen molar-refractivity contribution in [1.29, 1.82) is 0 Å². The van der Waals surface area contributed by atoms with E-state index in [0.29, 0.717) is 45.9 Å². The van der Waals surface area contributed by atoms with E-state index in [2.05, 4.69) is 10.6 Å². The van der Waals surface area contributed by atoms with E-state index in [1.165, 1.54) is 4.31 Å². The minimum Gasteiger partial charge on any atom is -0.379 e. The Morgan fingerprint density at radius 1 is 1.12 bits per heavy atom. The molecule has 10 heteroatoms. The molecule has 2 atom stereocenters. The summed E-state index contributed by atoms with van der Waals surface area (Å²) in [6.07, 6.45) is 3.71. The Kier molecular flexibility index (Phi) is 7.91. The van der Waals surface area contributed by atoms with E-state index in [1.54, 1.807) is 4.31 Å². The largest absolute Gasteiger partial charge is 0.379 e. The first kappa shape index (κ1) is 20.9. The van der Waals surface area contributed by atoms with Gasteiger partial charge in [-0.25, -0.2) is 0 Å². The Balaban J connectivity index is 0.00000225. The van der Waals surface area contributed by atoms with Crippen LogP contribution in [0.2, 0.25) is 0 Å². The Labute approximate surface area is 156 Å². The van der Waals surface area contributed by atoms with Crippen molar-refractivity contribution >= 4 is 28.5 Å². The third kappa shape index (κ3) is 5.27. The fraction of sp³-hybridized carbons (Fsp3) is 0.933. The number of halogens is 1. The number of ether oxygens (including phenoxy) is 1. The fourth-order valence-corrected chi connectivity index (χ4v) is 5.32. The first-order chi connectivity index (χ1) is 11.6. The van der Waals surface area contributed by atoms with Crippen LogP contribution in [0.15, 0.2) is 0 Å². The second kappa shape index (κ2) is 9.48. The molecule has 1 amide bonds. The van der Waals surface area contributed by atoms with E-state index >= 15 is 0 Å². The van der Waals surface area contributed by atoms with Gasteiger partial charge in [-0.2, -0.15) is 17.0 Å². The smallest absolute Gasteiger partial charge is 0.282 e. The van der Waals surface area contributed by atoms with Crippen LogP contribution in [-0.4, -0.2) is 81.5 Å². The average molecular weight is 397 g/mol. The number of carbonyl (C=O) groups is 1. The van der Waals surface area contributed by atoms with Crippen LogP contribution in [0.25, 0.3) is 0 Å². The minimum atomic E-state index is -3.41. The third-order valence-corrected chi connectivity index (χ3v) is 7.05. The Bertz CT molecular complexity index is 536. The number of hydrogen-bond acceptors (Lipinski definition) is 5. The van der Waals surface area contributed by atoms with Gasteiger partial charge in [-0.15, -0.1) is 12.4 Å². The maximum absolute atomic E-state index is 12.7. The van der Waals surface area contributed by atoms with Gasteiger partial charge in [-0.3, -0.25) is 4.79 Å². The quantitative estimate of drug-likeness (QED) is 0.657. The highest BCUT2D eigenvalue weighted by Crippen LogP contribution is 2.21. The van der Waals surface area contributed by atoms with Gasteiger partial charge < -0.3 is 15.4 Å². The van der Waals surface area contributed by atoms with Gasteiger partial charge in [-0.05, 0) is 38.1 Å². The summed E-state index contributed by atoms with van der Waals surface area (Å²) in [5.74, 6) is 0.223. The van der Waals surface area contributed by atoms with Crippen LogP contribution in [0.4, 0.5) is 0 Å². The normalized spacial score (nSPS) is 29.1. The van der Waals surface area contributed by atoms with Crippen LogP contribution >= 0.6 is 12.4 Å². The second-order valence-electron chi connectivity index (χ2n) is 6.78. The van der Waals surface area contributed by atoms with Crippen molar-refractivity contribution in [1.82, 2.24) is 19.2 Å². The summed E-state index contributed by atoms with van der Waals surface area (Å²) in [6.45, 7) is 4.26. The summed E-state index contributed by atoms with van der Waals surface area (Å²) in [7, 11) is -3.41. The predicted octanol–water partition coefficient (Wildman–Crippen LogP) is -0.435. The monoisotopic (exact) mass is 396 g/mol. The molecule has 3 aliphatic heterocycles. The molecule has 3 rings (SSSR count). The molecular formula is C15H29ClN4O4S. The molecule has 0 aromatic carbocycles. The number of rotatable bonds is 5. The van der Waals surface area contributed by atoms with Crippen LogP contribution in [0.3, 0.4) is 0 Å². The van der Waals surface area contributed by atoms with E-state index in [0.717, 1.165) is 32.2 Å². The van der Waals surface area contributed by atoms with E-state index in [-0.39, 0.29) is 30.3 Å². The van der Waals surface area contributed by atoms with Crippen molar-refractivity contribution in [3.8, 4) is 0 Å². The molecule has 0 saturated carbocycles. The summed E-state index contributed by atoms with van der Waals surface area (Å²) in [6, 6.07) is -0.0817. The molecule has 3 saturated heterocycles. The summed E-state index contributed by atoms with van der Waals surface area (Å²) < 4.78 is 33.8. The van der Waals surface area contributed by atoms with Gasteiger partial charge in [0.15, 0.2) is 0 Å². The summed E-state index contributed by atoms with van der Waals surface area (Å²) >= 11 is 0. The predicted molar refractivity (Wildman–Crippen MR) is 96.9 cm³/mol. The summed E-state index contributed by atoms with van der Waals surface area (Å²) in [5.41, 5.74) is 0. The lowest BCUT2D eigenvalue weighted by atomic mass is 9.99. The first-order valence-corrected chi connectivity index (χ1v) is 10.3. The van der Waals surface area contributed by atoms with Gasteiger partial charge in [0.25, 0.3) is 10.2 Å². The van der Waals surface area contributed by atoms with Gasteiger partial charge in [0.2, 0.25) is 5.91 Å². The van der Waals surface area contributed by atoms with Crippen LogP contribution in [0.5, 0.6) is 0 Å². The first-order valence-electron chi connectivity index (χ1n) is 8.91. The zero-order chi connectivity index (χ0) is 17.0. The van der Waals surface area contributed by atoms with Gasteiger partial charge in [0.1, 0.15) is 0 Å². The van der Waals surface area contributed by atoms with Crippen molar-refractivity contribution in [2.24, 2.45) is 5.92 Å². The van der Waals surface area contributed by atoms with Crippen LogP contribution in [0.1, 0.15) is 25.7 Å². The highest BCUT2D eigenvalue weighted by molar-refractivity contribution is 7.86. The Morgan fingerprint density at radius 2 is 1.88 bits per heavy atom. The lowest BCUT2D eigenvalue weighted by molar-refractivity contribution is -0.123. The maximum Gasteiger partial charge on any atom is 0.282 e. The number of nitrogens with one attached hydrogen (secondary N) is 2. The molecule has 0 aliphatic carbocycles. The van der Waals surface area contributed by atoms with Crippen molar-refractivity contribution in [2.45, 2.75) is 31.7 Å². The zero-order valence-corrected chi connectivity index (χ0v) is 16.1. The van der Waals surface area contributed by atoms with Gasteiger partial charge in [0.05, 0.1) is 19.3 Å². The third-order valence-electron chi connectivity index (χ3n) is 5.05. The highest BCUT2D eigenvalue weighted by Gasteiger charge is 2.34. The van der Waals surface area contributed by atoms with E-state index in [1.807, 2.05) is 0 Å². The molecule has 3 fully saturated rings. The van der Waals surface area contributed by atoms with Crippen molar-refractivity contribution in [3.63, 3.8) is 0 Å². The molecule has 0 aromatic heterocycles. The van der Waals surface area contributed by atoms with Gasteiger partial charge in [-0.1, -0.05) is 0 Å². The maximum atomic E-state index is 12.7. The minimum absolute atomic E-state index is 0.